The smallest absolute Gasteiger partial charge is 0.232 e. The standard InChI is InChI=1S/C20H22ClFN6S/c21-16-13(3-7-24-17(16)22)29-14-12-26-19(28-11-8-25-18(14)28)27-9-5-20(6-10-27)4-1-2-15(20)23/h3,7-8,11-12,15H,1-2,4-6,9-10,23H2/t15-/m1/s1. The molecular weight excluding hydrogens is 411 g/mol. The van der Waals surface area contributed by atoms with E-state index < -0.39 is 5.95 Å². The van der Waals surface area contributed by atoms with Crippen molar-refractivity contribution in [3.63, 3.8) is 0 Å². The molecule has 6 nitrogen and oxygen atoms in total. The van der Waals surface area contributed by atoms with Gasteiger partial charge in [-0.1, -0.05) is 29.8 Å². The predicted molar refractivity (Wildman–Crippen MR) is 112 cm³/mol. The molecule has 1 atom stereocenters. The predicted octanol–water partition coefficient (Wildman–Crippen LogP) is 4.17. The van der Waals surface area contributed by atoms with Crippen LogP contribution in [0.1, 0.15) is 32.1 Å². The number of imidazole rings is 1. The first-order valence-corrected chi connectivity index (χ1v) is 11.1. The summed E-state index contributed by atoms with van der Waals surface area (Å²) < 4.78 is 15.7. The summed E-state index contributed by atoms with van der Waals surface area (Å²) in [6.07, 6.45) is 12.7. The average Bonchev–Trinajstić information content (AvgIpc) is 3.35. The first-order chi connectivity index (χ1) is 14.1. The Morgan fingerprint density at radius 1 is 1.14 bits per heavy atom. The molecule has 1 aliphatic heterocycles. The van der Waals surface area contributed by atoms with Gasteiger partial charge in [0.05, 0.1) is 4.90 Å². The zero-order valence-electron chi connectivity index (χ0n) is 15.9. The molecule has 0 unspecified atom stereocenters. The van der Waals surface area contributed by atoms with Crippen LogP contribution in [0.3, 0.4) is 0 Å². The Morgan fingerprint density at radius 3 is 2.72 bits per heavy atom. The van der Waals surface area contributed by atoms with Gasteiger partial charge in [-0.2, -0.15) is 4.39 Å². The highest BCUT2D eigenvalue weighted by molar-refractivity contribution is 7.99. The molecule has 1 saturated carbocycles. The highest BCUT2D eigenvalue weighted by Crippen LogP contribution is 2.46. The Labute approximate surface area is 177 Å². The number of rotatable bonds is 3. The molecule has 9 heteroatoms. The molecule has 1 aliphatic carbocycles. The van der Waals surface area contributed by atoms with Gasteiger partial charge in [0, 0.05) is 48.8 Å². The number of fused-ring (bicyclic) bond motifs is 1. The number of halogens is 2. The quantitative estimate of drug-likeness (QED) is 0.626. The van der Waals surface area contributed by atoms with Crippen LogP contribution in [0.25, 0.3) is 5.65 Å². The first kappa shape index (κ1) is 19.1. The van der Waals surface area contributed by atoms with Crippen LogP contribution in [-0.2, 0) is 0 Å². The monoisotopic (exact) mass is 432 g/mol. The van der Waals surface area contributed by atoms with Crippen LogP contribution in [0.4, 0.5) is 10.3 Å². The topological polar surface area (TPSA) is 72.3 Å². The molecule has 0 aromatic carbocycles. The van der Waals surface area contributed by atoms with Gasteiger partial charge in [0.25, 0.3) is 0 Å². The average molecular weight is 433 g/mol. The molecule has 1 saturated heterocycles. The Morgan fingerprint density at radius 2 is 1.97 bits per heavy atom. The zero-order chi connectivity index (χ0) is 20.0. The van der Waals surface area contributed by atoms with Gasteiger partial charge in [0.15, 0.2) is 5.65 Å². The number of nitrogens with zero attached hydrogens (tertiary/aromatic N) is 5. The van der Waals surface area contributed by atoms with Crippen LogP contribution in [-0.4, -0.2) is 38.5 Å². The molecule has 29 heavy (non-hydrogen) atoms. The minimum absolute atomic E-state index is 0.0144. The summed E-state index contributed by atoms with van der Waals surface area (Å²) in [5.74, 6) is 0.211. The summed E-state index contributed by atoms with van der Waals surface area (Å²) in [7, 11) is 0. The van der Waals surface area contributed by atoms with E-state index in [4.69, 9.17) is 22.3 Å². The van der Waals surface area contributed by atoms with Gasteiger partial charge >= 0.3 is 0 Å². The van der Waals surface area contributed by atoms with Crippen LogP contribution in [0.2, 0.25) is 5.02 Å². The van der Waals surface area contributed by atoms with Gasteiger partial charge in [-0.15, -0.1) is 0 Å². The second kappa shape index (κ2) is 7.41. The summed E-state index contributed by atoms with van der Waals surface area (Å²) in [6.45, 7) is 1.89. The van der Waals surface area contributed by atoms with E-state index >= 15 is 0 Å². The Hall–Kier alpha value is -1.90. The molecule has 0 radical (unpaired) electrons. The Bertz CT molecular complexity index is 1050. The summed E-state index contributed by atoms with van der Waals surface area (Å²) in [6, 6.07) is 2.02. The number of piperidine rings is 1. The molecule has 1 spiro atoms. The minimum Gasteiger partial charge on any atom is -0.342 e. The van der Waals surface area contributed by atoms with Gasteiger partial charge in [-0.3, -0.25) is 4.40 Å². The molecule has 3 aromatic heterocycles. The lowest BCUT2D eigenvalue weighted by Gasteiger charge is -2.42. The van der Waals surface area contributed by atoms with E-state index in [-0.39, 0.29) is 5.02 Å². The normalized spacial score (nSPS) is 21.3. The molecule has 152 valence electrons. The third-order valence-corrected chi connectivity index (χ3v) is 7.96. The van der Waals surface area contributed by atoms with Crippen LogP contribution < -0.4 is 10.6 Å². The van der Waals surface area contributed by atoms with Gasteiger partial charge in [-0.25, -0.2) is 15.0 Å². The molecule has 2 aliphatic rings. The van der Waals surface area contributed by atoms with Gasteiger partial charge < -0.3 is 10.6 Å². The summed E-state index contributed by atoms with van der Waals surface area (Å²) in [5.41, 5.74) is 7.52. The summed E-state index contributed by atoms with van der Waals surface area (Å²) in [5, 5.41) is 0.0144. The number of nitrogens with two attached hydrogens (primary N) is 1. The maximum Gasteiger partial charge on any atom is 0.232 e. The van der Waals surface area contributed by atoms with Crippen molar-refractivity contribution in [2.45, 2.75) is 47.9 Å². The lowest BCUT2D eigenvalue weighted by molar-refractivity contribution is 0.197. The maximum absolute atomic E-state index is 13.7. The maximum atomic E-state index is 13.7. The van der Waals surface area contributed by atoms with Gasteiger partial charge in [0.2, 0.25) is 11.9 Å². The number of hydrogen-bond donors (Lipinski definition) is 1. The molecule has 4 heterocycles. The summed E-state index contributed by atoms with van der Waals surface area (Å²) in [4.78, 5) is 16.5. The van der Waals surface area contributed by atoms with E-state index in [9.17, 15) is 4.39 Å². The third kappa shape index (κ3) is 3.27. The third-order valence-electron chi connectivity index (χ3n) is 6.42. The lowest BCUT2D eigenvalue weighted by Crippen LogP contribution is -2.47. The van der Waals surface area contributed by atoms with Gasteiger partial charge in [0.1, 0.15) is 5.02 Å². The molecule has 0 amide bonds. The van der Waals surface area contributed by atoms with Gasteiger partial charge in [-0.05, 0) is 37.2 Å². The second-order valence-electron chi connectivity index (χ2n) is 7.91. The van der Waals surface area contributed by atoms with E-state index in [1.54, 1.807) is 18.5 Å². The fraction of sp³-hybridized carbons (Fsp3) is 0.450. The second-order valence-corrected chi connectivity index (χ2v) is 9.37. The zero-order valence-corrected chi connectivity index (χ0v) is 17.5. The first-order valence-electron chi connectivity index (χ1n) is 9.88. The van der Waals surface area contributed by atoms with Crippen molar-refractivity contribution < 1.29 is 4.39 Å². The number of anilines is 1. The van der Waals surface area contributed by atoms with E-state index in [0.717, 1.165) is 48.8 Å². The minimum atomic E-state index is -0.673. The van der Waals surface area contributed by atoms with Crippen LogP contribution in [0, 0.1) is 11.4 Å². The molecule has 3 aromatic rings. The fourth-order valence-electron chi connectivity index (χ4n) is 4.73. The van der Waals surface area contributed by atoms with Crippen molar-refractivity contribution in [1.29, 1.82) is 0 Å². The number of aromatic nitrogens is 4. The van der Waals surface area contributed by atoms with Crippen LogP contribution in [0.15, 0.2) is 40.6 Å². The molecule has 5 rings (SSSR count). The largest absolute Gasteiger partial charge is 0.342 e. The SMILES string of the molecule is N[C@@H]1CCCC12CCN(c1ncc(Sc3ccnc(F)c3Cl)c3nccn13)CC2. The molecular formula is C20H22ClFN6S. The van der Waals surface area contributed by atoms with Crippen molar-refractivity contribution in [3.8, 4) is 0 Å². The van der Waals surface area contributed by atoms with E-state index in [1.807, 2.05) is 10.6 Å². The number of pyridine rings is 1. The van der Waals surface area contributed by atoms with Crippen molar-refractivity contribution >= 4 is 35.0 Å². The Kier molecular flexibility index (Phi) is 4.88. The number of hydrogen-bond acceptors (Lipinski definition) is 6. The van der Waals surface area contributed by atoms with E-state index in [1.165, 1.54) is 30.8 Å². The van der Waals surface area contributed by atoms with Crippen LogP contribution in [0.5, 0.6) is 0 Å². The van der Waals surface area contributed by atoms with Crippen molar-refractivity contribution in [3.05, 3.63) is 41.8 Å². The van der Waals surface area contributed by atoms with Crippen molar-refractivity contribution in [2.24, 2.45) is 11.1 Å². The molecule has 2 fully saturated rings. The van der Waals surface area contributed by atoms with E-state index in [2.05, 4.69) is 14.9 Å². The Balaban J connectivity index is 1.42. The summed E-state index contributed by atoms with van der Waals surface area (Å²) >= 11 is 7.41. The highest BCUT2D eigenvalue weighted by atomic mass is 35.5. The highest BCUT2D eigenvalue weighted by Gasteiger charge is 2.43. The van der Waals surface area contributed by atoms with Crippen LogP contribution >= 0.6 is 23.4 Å². The van der Waals surface area contributed by atoms with E-state index in [0.29, 0.717) is 16.4 Å². The molecule has 0 bridgehead atoms. The molecule has 2 N–H and O–H groups in total. The van der Waals surface area contributed by atoms with Crippen molar-refractivity contribution in [2.75, 3.05) is 18.0 Å². The lowest BCUT2D eigenvalue weighted by atomic mass is 9.74. The van der Waals surface area contributed by atoms with Crippen molar-refractivity contribution in [1.82, 2.24) is 19.4 Å². The fourth-order valence-corrected chi connectivity index (χ4v) is 5.84.